The van der Waals surface area contributed by atoms with Crippen LogP contribution < -0.4 is 0 Å². The fourth-order valence-corrected chi connectivity index (χ4v) is 2.55. The molecule has 1 heterocycles. The second-order valence-electron chi connectivity index (χ2n) is 4.15. The summed E-state index contributed by atoms with van der Waals surface area (Å²) in [6.45, 7) is 0.679. The third-order valence-electron chi connectivity index (χ3n) is 2.41. The van der Waals surface area contributed by atoms with Gasteiger partial charge in [0.05, 0.1) is 16.6 Å². The summed E-state index contributed by atoms with van der Waals surface area (Å²) < 4.78 is 40.7. The lowest BCUT2D eigenvalue weighted by Crippen LogP contribution is -2.09. The molecule has 0 aromatic carbocycles. The van der Waals surface area contributed by atoms with Gasteiger partial charge in [-0.3, -0.25) is 0 Å². The van der Waals surface area contributed by atoms with E-state index in [2.05, 4.69) is 4.98 Å². The van der Waals surface area contributed by atoms with Crippen LogP contribution in [-0.2, 0) is 17.0 Å². The first-order valence-corrected chi connectivity index (χ1v) is 7.56. The van der Waals surface area contributed by atoms with Crippen molar-refractivity contribution in [3.05, 3.63) is 16.1 Å². The van der Waals surface area contributed by atoms with Crippen molar-refractivity contribution >= 4 is 22.9 Å². The van der Waals surface area contributed by atoms with Crippen LogP contribution in [-0.4, -0.2) is 24.4 Å². The van der Waals surface area contributed by atoms with Crippen LogP contribution in [0, 0.1) is 0 Å². The number of halogens is 4. The Labute approximate surface area is 119 Å². The average Bonchev–Trinajstić information content (AvgIpc) is 2.79. The van der Waals surface area contributed by atoms with Gasteiger partial charge in [-0.15, -0.1) is 22.9 Å². The molecular weight excluding hydrogens is 299 g/mol. The van der Waals surface area contributed by atoms with Gasteiger partial charge in [-0.05, 0) is 25.7 Å². The van der Waals surface area contributed by atoms with Crippen LogP contribution in [0.5, 0.6) is 0 Å². The molecule has 0 bridgehead atoms. The van der Waals surface area contributed by atoms with Crippen molar-refractivity contribution in [2.45, 2.75) is 44.2 Å². The number of ether oxygens (including phenoxy) is 1. The van der Waals surface area contributed by atoms with Crippen LogP contribution in [0.15, 0.2) is 5.38 Å². The predicted molar refractivity (Wildman–Crippen MR) is 70.7 cm³/mol. The molecule has 0 atom stereocenters. The molecule has 2 nitrogen and oxygen atoms in total. The molecule has 1 aromatic heterocycles. The summed E-state index contributed by atoms with van der Waals surface area (Å²) >= 11 is 7.24. The molecule has 0 aliphatic carbocycles. The topological polar surface area (TPSA) is 22.1 Å². The molecule has 0 aliphatic rings. The van der Waals surface area contributed by atoms with E-state index in [1.165, 1.54) is 0 Å². The van der Waals surface area contributed by atoms with Crippen LogP contribution in [0.4, 0.5) is 13.2 Å². The minimum Gasteiger partial charge on any atom is -0.381 e. The van der Waals surface area contributed by atoms with Crippen molar-refractivity contribution in [1.82, 2.24) is 4.98 Å². The van der Waals surface area contributed by atoms with E-state index >= 15 is 0 Å². The monoisotopic (exact) mass is 315 g/mol. The van der Waals surface area contributed by atoms with E-state index in [0.29, 0.717) is 12.5 Å². The van der Waals surface area contributed by atoms with Crippen LogP contribution in [0.25, 0.3) is 0 Å². The summed E-state index contributed by atoms with van der Waals surface area (Å²) in [5.74, 6) is 0.429. The number of hydrogen-bond acceptors (Lipinski definition) is 3. The van der Waals surface area contributed by atoms with Gasteiger partial charge in [-0.2, -0.15) is 13.2 Å². The molecule has 0 saturated carbocycles. The number of hydrogen-bond donors (Lipinski definition) is 0. The summed E-state index contributed by atoms with van der Waals surface area (Å²) in [4.78, 5) is 4.32. The Kier molecular flexibility index (Phi) is 7.71. The number of nitrogens with zero attached hydrogens (tertiary/aromatic N) is 1. The van der Waals surface area contributed by atoms with Crippen molar-refractivity contribution in [3.8, 4) is 0 Å². The molecule has 19 heavy (non-hydrogen) atoms. The van der Waals surface area contributed by atoms with Gasteiger partial charge in [0.25, 0.3) is 0 Å². The van der Waals surface area contributed by atoms with Gasteiger partial charge < -0.3 is 4.74 Å². The normalized spacial score (nSPS) is 12.0. The van der Waals surface area contributed by atoms with Gasteiger partial charge in [0, 0.05) is 25.0 Å². The molecular formula is C12H17ClF3NOS. The van der Waals surface area contributed by atoms with Crippen molar-refractivity contribution < 1.29 is 17.9 Å². The van der Waals surface area contributed by atoms with E-state index in [4.69, 9.17) is 16.3 Å². The molecule has 0 amide bonds. The first-order valence-electron chi connectivity index (χ1n) is 6.15. The molecule has 0 radical (unpaired) electrons. The van der Waals surface area contributed by atoms with Crippen molar-refractivity contribution in [1.29, 1.82) is 0 Å². The molecule has 0 aliphatic heterocycles. The first kappa shape index (κ1) is 16.7. The minimum absolute atomic E-state index is 0.0368. The van der Waals surface area contributed by atoms with Gasteiger partial charge in [0.2, 0.25) is 0 Å². The number of alkyl halides is 4. The van der Waals surface area contributed by atoms with Crippen molar-refractivity contribution in [2.75, 3.05) is 13.2 Å². The molecule has 110 valence electrons. The van der Waals surface area contributed by atoms with Crippen LogP contribution in [0.1, 0.15) is 36.4 Å². The highest BCUT2D eigenvalue weighted by Crippen LogP contribution is 2.21. The fraction of sp³-hybridized carbons (Fsp3) is 0.750. The van der Waals surface area contributed by atoms with Crippen molar-refractivity contribution in [2.24, 2.45) is 0 Å². The third kappa shape index (κ3) is 8.44. The molecule has 1 rings (SSSR count). The summed E-state index contributed by atoms with van der Waals surface area (Å²) in [6, 6.07) is 0. The lowest BCUT2D eigenvalue weighted by atomic mass is 10.2. The van der Waals surface area contributed by atoms with E-state index in [0.717, 1.165) is 30.0 Å². The molecule has 0 saturated heterocycles. The molecule has 0 fully saturated rings. The number of rotatable bonds is 9. The maximum atomic E-state index is 11.8. The highest BCUT2D eigenvalue weighted by Gasteiger charge is 2.25. The first-order chi connectivity index (χ1) is 9.01. The number of unbranched alkanes of at least 4 members (excludes halogenated alkanes) is 1. The van der Waals surface area contributed by atoms with Gasteiger partial charge >= 0.3 is 6.18 Å². The molecule has 0 N–H and O–H groups in total. The highest BCUT2D eigenvalue weighted by molar-refractivity contribution is 7.09. The van der Waals surface area contributed by atoms with Crippen molar-refractivity contribution in [3.63, 3.8) is 0 Å². The zero-order valence-electron chi connectivity index (χ0n) is 10.5. The molecule has 1 aromatic rings. The SMILES string of the molecule is FC(F)(F)CCCOCCCCc1nc(CCl)cs1. The Balaban J connectivity index is 1.94. The maximum absolute atomic E-state index is 11.8. The van der Waals surface area contributed by atoms with E-state index in [1.807, 2.05) is 5.38 Å². The Bertz CT molecular complexity index is 357. The van der Waals surface area contributed by atoms with E-state index in [1.54, 1.807) is 11.3 Å². The van der Waals surface area contributed by atoms with Crippen LogP contribution in [0.2, 0.25) is 0 Å². The Hall–Kier alpha value is -0.330. The standard InChI is InChI=1S/C12H17ClF3NOS/c13-8-10-9-19-11(17-10)4-1-2-6-18-7-3-5-12(14,15)16/h9H,1-8H2. The van der Waals surface area contributed by atoms with E-state index in [-0.39, 0.29) is 13.0 Å². The van der Waals surface area contributed by atoms with Crippen LogP contribution in [0.3, 0.4) is 0 Å². The highest BCUT2D eigenvalue weighted by atomic mass is 35.5. The minimum atomic E-state index is -4.08. The van der Waals surface area contributed by atoms with Crippen LogP contribution >= 0.6 is 22.9 Å². The summed E-state index contributed by atoms with van der Waals surface area (Å²) in [5.41, 5.74) is 0.894. The Morgan fingerprint density at radius 1 is 1.21 bits per heavy atom. The number of thiazole rings is 1. The van der Waals surface area contributed by atoms with E-state index in [9.17, 15) is 13.2 Å². The zero-order valence-corrected chi connectivity index (χ0v) is 12.1. The molecule has 0 spiro atoms. The smallest absolute Gasteiger partial charge is 0.381 e. The van der Waals surface area contributed by atoms with Gasteiger partial charge in [-0.1, -0.05) is 0 Å². The number of aromatic nitrogens is 1. The summed E-state index contributed by atoms with van der Waals surface area (Å²) in [5, 5.41) is 2.99. The third-order valence-corrected chi connectivity index (χ3v) is 3.65. The van der Waals surface area contributed by atoms with Gasteiger partial charge in [-0.25, -0.2) is 4.98 Å². The Morgan fingerprint density at radius 3 is 2.58 bits per heavy atom. The maximum Gasteiger partial charge on any atom is 0.389 e. The lowest BCUT2D eigenvalue weighted by molar-refractivity contribution is -0.137. The number of aryl methyl sites for hydroxylation is 1. The summed E-state index contributed by atoms with van der Waals surface area (Å²) in [7, 11) is 0. The second kappa shape index (κ2) is 8.76. The molecule has 0 unspecified atom stereocenters. The second-order valence-corrected chi connectivity index (χ2v) is 5.36. The van der Waals surface area contributed by atoms with Gasteiger partial charge in [0.15, 0.2) is 0 Å². The summed E-state index contributed by atoms with van der Waals surface area (Å²) in [6.07, 6.45) is -2.18. The van der Waals surface area contributed by atoms with Gasteiger partial charge in [0.1, 0.15) is 0 Å². The fourth-order valence-electron chi connectivity index (χ4n) is 1.48. The quantitative estimate of drug-likeness (QED) is 0.492. The average molecular weight is 316 g/mol. The largest absolute Gasteiger partial charge is 0.389 e. The van der Waals surface area contributed by atoms with E-state index < -0.39 is 12.6 Å². The zero-order chi connectivity index (χ0) is 14.1. The Morgan fingerprint density at radius 2 is 1.95 bits per heavy atom. The lowest BCUT2D eigenvalue weighted by Gasteiger charge is -2.06. The molecule has 7 heteroatoms. The predicted octanol–water partition coefficient (Wildman–Crippen LogP) is 4.56.